The zero-order valence-electron chi connectivity index (χ0n) is 12.5. The molecule has 0 aliphatic carbocycles. The van der Waals surface area contributed by atoms with Gasteiger partial charge >= 0.3 is 0 Å². The number of carbonyl (C=O) groups excluding carboxylic acids is 1. The van der Waals surface area contributed by atoms with Crippen molar-refractivity contribution in [3.05, 3.63) is 65.9 Å². The van der Waals surface area contributed by atoms with Gasteiger partial charge in [-0.25, -0.2) is 4.98 Å². The second-order valence-electron chi connectivity index (χ2n) is 4.92. The van der Waals surface area contributed by atoms with E-state index in [2.05, 4.69) is 25.8 Å². The molecule has 0 aromatic carbocycles. The standard InChI is InChI=1S/C16H15N5O2/c1-11-8-15(21-23-11)20-16(22)14-3-2-13(10-19-14)18-9-12-4-6-17-7-5-12/h2-8,10,18H,9H2,1H3,(H,20,21,22). The molecule has 0 unspecified atom stereocenters. The fourth-order valence-corrected chi connectivity index (χ4v) is 1.94. The summed E-state index contributed by atoms with van der Waals surface area (Å²) in [7, 11) is 0. The molecular formula is C16H15N5O2. The number of aromatic nitrogens is 3. The third-order valence-corrected chi connectivity index (χ3v) is 3.11. The monoisotopic (exact) mass is 309 g/mol. The van der Waals surface area contributed by atoms with Crippen LogP contribution in [0.1, 0.15) is 21.8 Å². The molecule has 0 aliphatic rings. The highest BCUT2D eigenvalue weighted by Gasteiger charge is 2.10. The van der Waals surface area contributed by atoms with Gasteiger partial charge in [0.2, 0.25) is 0 Å². The molecule has 0 saturated carbocycles. The van der Waals surface area contributed by atoms with Crippen LogP contribution >= 0.6 is 0 Å². The quantitative estimate of drug-likeness (QED) is 0.752. The Kier molecular flexibility index (Phi) is 4.28. The maximum atomic E-state index is 12.0. The van der Waals surface area contributed by atoms with Crippen LogP contribution in [0, 0.1) is 6.92 Å². The van der Waals surface area contributed by atoms with E-state index < -0.39 is 0 Å². The molecule has 0 spiro atoms. The van der Waals surface area contributed by atoms with E-state index >= 15 is 0 Å². The summed E-state index contributed by atoms with van der Waals surface area (Å²) in [6.07, 6.45) is 5.10. The topological polar surface area (TPSA) is 92.9 Å². The predicted molar refractivity (Wildman–Crippen MR) is 85.0 cm³/mol. The Morgan fingerprint density at radius 2 is 2.04 bits per heavy atom. The lowest BCUT2D eigenvalue weighted by Crippen LogP contribution is -2.14. The summed E-state index contributed by atoms with van der Waals surface area (Å²) in [5, 5.41) is 9.56. The normalized spacial score (nSPS) is 10.3. The molecule has 3 rings (SSSR count). The van der Waals surface area contributed by atoms with E-state index in [4.69, 9.17) is 4.52 Å². The number of hydrogen-bond acceptors (Lipinski definition) is 6. The van der Waals surface area contributed by atoms with E-state index in [1.165, 1.54) is 0 Å². The first-order valence-electron chi connectivity index (χ1n) is 7.04. The average Bonchev–Trinajstić information content (AvgIpc) is 2.99. The van der Waals surface area contributed by atoms with Crippen LogP contribution in [0.3, 0.4) is 0 Å². The maximum absolute atomic E-state index is 12.0. The molecule has 0 atom stereocenters. The van der Waals surface area contributed by atoms with Crippen LogP contribution in [-0.2, 0) is 6.54 Å². The molecule has 0 radical (unpaired) electrons. The van der Waals surface area contributed by atoms with E-state index in [9.17, 15) is 4.79 Å². The van der Waals surface area contributed by atoms with Gasteiger partial charge in [0.05, 0.1) is 11.9 Å². The highest BCUT2D eigenvalue weighted by molar-refractivity contribution is 6.02. The molecule has 23 heavy (non-hydrogen) atoms. The molecule has 3 aromatic heterocycles. The molecule has 0 bridgehead atoms. The Morgan fingerprint density at radius 3 is 2.70 bits per heavy atom. The van der Waals surface area contributed by atoms with Crippen LogP contribution in [-0.4, -0.2) is 21.0 Å². The molecule has 7 nitrogen and oxygen atoms in total. The van der Waals surface area contributed by atoms with Gasteiger partial charge in [0.1, 0.15) is 11.5 Å². The van der Waals surface area contributed by atoms with Crippen LogP contribution in [0.25, 0.3) is 0 Å². The van der Waals surface area contributed by atoms with Gasteiger partial charge in [-0.3, -0.25) is 9.78 Å². The zero-order valence-corrected chi connectivity index (χ0v) is 12.5. The Balaban J connectivity index is 1.59. The molecule has 3 heterocycles. The summed E-state index contributed by atoms with van der Waals surface area (Å²) in [4.78, 5) is 20.2. The van der Waals surface area contributed by atoms with E-state index in [0.29, 0.717) is 23.8 Å². The summed E-state index contributed by atoms with van der Waals surface area (Å²) in [5.41, 5.74) is 2.25. The van der Waals surface area contributed by atoms with Crippen LogP contribution in [0.15, 0.2) is 53.4 Å². The number of carbonyl (C=O) groups is 1. The van der Waals surface area contributed by atoms with Gasteiger partial charge in [0.15, 0.2) is 5.82 Å². The minimum Gasteiger partial charge on any atom is -0.380 e. The first-order chi connectivity index (χ1) is 11.2. The van der Waals surface area contributed by atoms with Crippen LogP contribution < -0.4 is 10.6 Å². The van der Waals surface area contributed by atoms with Crippen molar-refractivity contribution in [2.24, 2.45) is 0 Å². The van der Waals surface area contributed by atoms with Crippen molar-refractivity contribution in [2.45, 2.75) is 13.5 Å². The minimum absolute atomic E-state index is 0.306. The van der Waals surface area contributed by atoms with E-state index in [-0.39, 0.29) is 5.91 Å². The van der Waals surface area contributed by atoms with Crippen molar-refractivity contribution in [3.8, 4) is 0 Å². The Labute approximate surface area is 132 Å². The lowest BCUT2D eigenvalue weighted by atomic mass is 10.2. The third kappa shape index (κ3) is 3.91. The number of aryl methyl sites for hydroxylation is 1. The number of rotatable bonds is 5. The Morgan fingerprint density at radius 1 is 1.22 bits per heavy atom. The molecule has 7 heteroatoms. The molecule has 0 saturated heterocycles. The zero-order chi connectivity index (χ0) is 16.1. The number of nitrogens with zero attached hydrogens (tertiary/aromatic N) is 3. The van der Waals surface area contributed by atoms with Gasteiger partial charge in [-0.1, -0.05) is 5.16 Å². The van der Waals surface area contributed by atoms with Gasteiger partial charge in [-0.15, -0.1) is 0 Å². The third-order valence-electron chi connectivity index (χ3n) is 3.11. The molecule has 3 aromatic rings. The molecule has 116 valence electrons. The van der Waals surface area contributed by atoms with Gasteiger partial charge < -0.3 is 15.2 Å². The minimum atomic E-state index is -0.334. The maximum Gasteiger partial charge on any atom is 0.275 e. The van der Waals surface area contributed by atoms with Gasteiger partial charge in [-0.05, 0) is 36.8 Å². The summed E-state index contributed by atoms with van der Waals surface area (Å²) in [6.45, 7) is 2.41. The van der Waals surface area contributed by atoms with E-state index in [0.717, 1.165) is 11.3 Å². The number of hydrogen-bond donors (Lipinski definition) is 2. The molecule has 0 fully saturated rings. The van der Waals surface area contributed by atoms with Crippen molar-refractivity contribution < 1.29 is 9.32 Å². The fourth-order valence-electron chi connectivity index (χ4n) is 1.94. The summed E-state index contributed by atoms with van der Waals surface area (Å²) < 4.78 is 4.89. The van der Waals surface area contributed by atoms with Crippen molar-refractivity contribution in [3.63, 3.8) is 0 Å². The van der Waals surface area contributed by atoms with E-state index in [1.807, 2.05) is 12.1 Å². The highest BCUT2D eigenvalue weighted by Crippen LogP contribution is 2.11. The molecule has 0 aliphatic heterocycles. The SMILES string of the molecule is Cc1cc(NC(=O)c2ccc(NCc3ccncc3)cn2)no1. The first kappa shape index (κ1) is 14.7. The van der Waals surface area contributed by atoms with Crippen LogP contribution in [0.5, 0.6) is 0 Å². The number of anilines is 2. The summed E-state index contributed by atoms with van der Waals surface area (Å²) >= 11 is 0. The summed E-state index contributed by atoms with van der Waals surface area (Å²) in [6, 6.07) is 8.96. The predicted octanol–water partition coefficient (Wildman–Crippen LogP) is 2.64. The highest BCUT2D eigenvalue weighted by atomic mass is 16.5. The van der Waals surface area contributed by atoms with Crippen LogP contribution in [0.4, 0.5) is 11.5 Å². The Bertz CT molecular complexity index is 784. The van der Waals surface area contributed by atoms with Gasteiger partial charge in [-0.2, -0.15) is 0 Å². The van der Waals surface area contributed by atoms with Crippen molar-refractivity contribution in [1.82, 2.24) is 15.1 Å². The smallest absolute Gasteiger partial charge is 0.275 e. The fraction of sp³-hybridized carbons (Fsp3) is 0.125. The van der Waals surface area contributed by atoms with Crippen molar-refractivity contribution >= 4 is 17.4 Å². The number of nitrogens with one attached hydrogen (secondary N) is 2. The first-order valence-corrected chi connectivity index (χ1v) is 7.04. The second kappa shape index (κ2) is 6.69. The van der Waals surface area contributed by atoms with Gasteiger partial charge in [0.25, 0.3) is 5.91 Å². The summed E-state index contributed by atoms with van der Waals surface area (Å²) in [5.74, 6) is 0.664. The lowest BCUT2D eigenvalue weighted by Gasteiger charge is -2.06. The number of pyridine rings is 2. The number of amides is 1. The van der Waals surface area contributed by atoms with Crippen molar-refractivity contribution in [1.29, 1.82) is 0 Å². The second-order valence-corrected chi connectivity index (χ2v) is 4.92. The lowest BCUT2D eigenvalue weighted by molar-refractivity contribution is 0.102. The van der Waals surface area contributed by atoms with Crippen LogP contribution in [0.2, 0.25) is 0 Å². The van der Waals surface area contributed by atoms with E-state index in [1.54, 1.807) is 43.7 Å². The average molecular weight is 309 g/mol. The Hall–Kier alpha value is -3.22. The van der Waals surface area contributed by atoms with Gasteiger partial charge in [0, 0.05) is 25.0 Å². The largest absolute Gasteiger partial charge is 0.380 e. The molecular weight excluding hydrogens is 294 g/mol. The van der Waals surface area contributed by atoms with Crippen molar-refractivity contribution in [2.75, 3.05) is 10.6 Å². The molecule has 2 N–H and O–H groups in total. The molecule has 1 amide bonds.